The van der Waals surface area contributed by atoms with Crippen LogP contribution < -0.4 is 4.74 Å². The van der Waals surface area contributed by atoms with Crippen LogP contribution in [-0.2, 0) is 0 Å². The third-order valence-electron chi connectivity index (χ3n) is 6.05. The lowest BCUT2D eigenvalue weighted by Crippen LogP contribution is -2.43. The molecule has 0 spiro atoms. The van der Waals surface area contributed by atoms with E-state index in [9.17, 15) is 4.79 Å². The van der Waals surface area contributed by atoms with Crippen molar-refractivity contribution in [3.63, 3.8) is 0 Å². The molecule has 29 heavy (non-hydrogen) atoms. The maximum atomic E-state index is 12.7. The molecule has 0 aliphatic carbocycles. The van der Waals surface area contributed by atoms with Gasteiger partial charge in [-0.1, -0.05) is 23.0 Å². The van der Waals surface area contributed by atoms with E-state index in [1.807, 2.05) is 41.4 Å². The van der Waals surface area contributed by atoms with Gasteiger partial charge in [0.25, 0.3) is 5.24 Å². The molecule has 0 unspecified atom stereocenters. The second-order valence-corrected chi connectivity index (χ2v) is 8.54. The van der Waals surface area contributed by atoms with Gasteiger partial charge in [0.1, 0.15) is 5.75 Å². The molecule has 150 valence electrons. The molecule has 1 amide bonds. The number of carbonyl (C=O) groups is 1. The number of hydrogen-bond donors (Lipinski definition) is 0. The number of aromatic nitrogens is 1. The number of azide groups is 1. The molecule has 1 aromatic carbocycles. The van der Waals surface area contributed by atoms with Crippen molar-refractivity contribution in [2.45, 2.75) is 24.1 Å². The molecule has 8 heteroatoms. The molecule has 2 saturated heterocycles. The topological polar surface area (TPSA) is 91.2 Å². The maximum absolute atomic E-state index is 12.7. The van der Waals surface area contributed by atoms with E-state index in [1.165, 1.54) is 11.8 Å². The van der Waals surface area contributed by atoms with Crippen molar-refractivity contribution >= 4 is 27.9 Å². The second-order valence-electron chi connectivity index (χ2n) is 7.45. The molecule has 0 bridgehead atoms. The number of fused-ring (bicyclic) bond motifs is 2. The third-order valence-corrected chi connectivity index (χ3v) is 7.31. The average molecular weight is 410 g/mol. The number of pyridine rings is 1. The highest BCUT2D eigenvalue weighted by Crippen LogP contribution is 2.50. The number of thioether (sulfide) groups is 1. The lowest BCUT2D eigenvalue weighted by Gasteiger charge is -2.39. The Hall–Kier alpha value is -2.70. The van der Waals surface area contributed by atoms with Crippen LogP contribution in [0.25, 0.3) is 21.3 Å². The van der Waals surface area contributed by atoms with Crippen molar-refractivity contribution in [2.75, 3.05) is 20.2 Å². The van der Waals surface area contributed by atoms with Crippen molar-refractivity contribution in [3.05, 3.63) is 59.1 Å². The van der Waals surface area contributed by atoms with Gasteiger partial charge in [0.2, 0.25) is 0 Å². The van der Waals surface area contributed by atoms with Crippen LogP contribution >= 0.6 is 11.8 Å². The smallest absolute Gasteiger partial charge is 0.282 e. The first-order valence-electron chi connectivity index (χ1n) is 9.69. The molecule has 4 atom stereocenters. The fraction of sp³-hybridized carbons (Fsp3) is 0.429. The van der Waals surface area contributed by atoms with Crippen molar-refractivity contribution < 1.29 is 9.53 Å². The van der Waals surface area contributed by atoms with Gasteiger partial charge in [-0.2, -0.15) is 0 Å². The minimum absolute atomic E-state index is 0.0350. The number of methoxy groups -OCH3 is 1. The van der Waals surface area contributed by atoms with Crippen LogP contribution in [0.2, 0.25) is 0 Å². The van der Waals surface area contributed by atoms with Crippen LogP contribution in [0.3, 0.4) is 0 Å². The summed E-state index contributed by atoms with van der Waals surface area (Å²) in [6, 6.07) is 7.98. The summed E-state index contributed by atoms with van der Waals surface area (Å²) in [7, 11) is 1.65. The van der Waals surface area contributed by atoms with Crippen molar-refractivity contribution in [3.8, 4) is 5.75 Å². The number of rotatable bonds is 6. The lowest BCUT2D eigenvalue weighted by atomic mass is 9.79. The number of ether oxygens (including phenoxy) is 1. The van der Waals surface area contributed by atoms with Gasteiger partial charge < -0.3 is 9.64 Å². The first kappa shape index (κ1) is 19.6. The lowest BCUT2D eigenvalue weighted by molar-refractivity contribution is 0.136. The van der Waals surface area contributed by atoms with Crippen molar-refractivity contribution in [1.29, 1.82) is 0 Å². The molecule has 0 radical (unpaired) electrons. The summed E-state index contributed by atoms with van der Waals surface area (Å²) < 4.78 is 5.41. The Balaban J connectivity index is 1.68. The van der Waals surface area contributed by atoms with Crippen molar-refractivity contribution in [1.82, 2.24) is 9.88 Å². The quantitative estimate of drug-likeness (QED) is 0.278. The highest BCUT2D eigenvalue weighted by molar-refractivity contribution is 8.14. The zero-order valence-corrected chi connectivity index (χ0v) is 17.1. The van der Waals surface area contributed by atoms with Gasteiger partial charge in [-0.25, -0.2) is 0 Å². The van der Waals surface area contributed by atoms with Crippen LogP contribution in [-0.4, -0.2) is 41.4 Å². The van der Waals surface area contributed by atoms with Gasteiger partial charge in [-0.15, -0.1) is 6.58 Å². The number of hydrogen-bond acceptors (Lipinski definition) is 5. The van der Waals surface area contributed by atoms with E-state index in [1.54, 1.807) is 7.11 Å². The van der Waals surface area contributed by atoms with E-state index in [-0.39, 0.29) is 22.4 Å². The summed E-state index contributed by atoms with van der Waals surface area (Å²) in [5, 5.41) is 4.95. The molecular formula is C21H23N5O2S. The van der Waals surface area contributed by atoms with Crippen LogP contribution in [0, 0.1) is 11.8 Å². The molecule has 3 heterocycles. The molecule has 0 N–H and O–H groups in total. The fourth-order valence-corrected chi connectivity index (χ4v) is 5.85. The normalized spacial score (nSPS) is 24.7. The van der Waals surface area contributed by atoms with Crippen LogP contribution in [0.1, 0.15) is 23.7 Å². The van der Waals surface area contributed by atoms with Crippen molar-refractivity contribution in [2.24, 2.45) is 17.0 Å². The first-order valence-corrected chi connectivity index (χ1v) is 10.6. The Morgan fingerprint density at radius 1 is 1.52 bits per heavy atom. The average Bonchev–Trinajstić information content (AvgIpc) is 3.09. The molecule has 7 nitrogen and oxygen atoms in total. The number of piperidine rings is 1. The third kappa shape index (κ3) is 3.66. The van der Waals surface area contributed by atoms with Crippen LogP contribution in [0.5, 0.6) is 5.75 Å². The highest BCUT2D eigenvalue weighted by atomic mass is 32.2. The molecule has 1 aromatic heterocycles. The van der Waals surface area contributed by atoms with Gasteiger partial charge in [0, 0.05) is 35.6 Å². The van der Waals surface area contributed by atoms with Gasteiger partial charge in [-0.3, -0.25) is 9.78 Å². The van der Waals surface area contributed by atoms with E-state index >= 15 is 0 Å². The Bertz CT molecular complexity index is 990. The van der Waals surface area contributed by atoms with E-state index in [2.05, 4.69) is 21.6 Å². The summed E-state index contributed by atoms with van der Waals surface area (Å²) >= 11 is 1.40. The van der Waals surface area contributed by atoms with E-state index < -0.39 is 0 Å². The highest BCUT2D eigenvalue weighted by Gasteiger charge is 2.46. The molecule has 2 aromatic rings. The van der Waals surface area contributed by atoms with Gasteiger partial charge in [0.05, 0.1) is 17.9 Å². The summed E-state index contributed by atoms with van der Waals surface area (Å²) in [6.45, 7) is 5.08. The maximum Gasteiger partial charge on any atom is 0.282 e. The number of carbonyl (C=O) groups excluding carboxylic acids is 1. The minimum atomic E-state index is 0.0350. The molecule has 2 aliphatic rings. The Morgan fingerprint density at radius 2 is 2.38 bits per heavy atom. The monoisotopic (exact) mass is 409 g/mol. The number of nitrogens with zero attached hydrogens (tertiary/aromatic N) is 5. The molecule has 2 aliphatic heterocycles. The van der Waals surface area contributed by atoms with E-state index in [0.29, 0.717) is 12.5 Å². The zero-order chi connectivity index (χ0) is 20.4. The molecule has 2 fully saturated rings. The summed E-state index contributed by atoms with van der Waals surface area (Å²) in [6.07, 6.45) is 5.47. The van der Waals surface area contributed by atoms with Crippen LogP contribution in [0.15, 0.2) is 48.2 Å². The fourth-order valence-electron chi connectivity index (χ4n) is 4.52. The Labute approximate surface area is 173 Å². The summed E-state index contributed by atoms with van der Waals surface area (Å²) in [4.78, 5) is 22.1. The second kappa shape index (κ2) is 8.35. The predicted molar refractivity (Wildman–Crippen MR) is 115 cm³/mol. The van der Waals surface area contributed by atoms with Crippen LogP contribution in [0.4, 0.5) is 4.79 Å². The van der Waals surface area contributed by atoms with E-state index in [4.69, 9.17) is 10.3 Å². The van der Waals surface area contributed by atoms with Gasteiger partial charge in [-0.05, 0) is 60.0 Å². The van der Waals surface area contributed by atoms with Gasteiger partial charge >= 0.3 is 0 Å². The Morgan fingerprint density at radius 3 is 3.14 bits per heavy atom. The zero-order valence-electron chi connectivity index (χ0n) is 16.3. The van der Waals surface area contributed by atoms with Gasteiger partial charge in [0.15, 0.2) is 0 Å². The standard InChI is InChI=1S/C21H23N5O2S/c1-3-13(12-24-25-22)14-7-9-26-19(10-14)20(29-21(26)27)16-6-8-23-18-5-4-15(28-2)11-17(16)18/h3-6,8,11,13-14,19-20H,1,7,9-10,12H2,2H3/t13-,14-,19-,20+/m0/s1. The summed E-state index contributed by atoms with van der Waals surface area (Å²) in [5.74, 6) is 1.25. The summed E-state index contributed by atoms with van der Waals surface area (Å²) in [5.41, 5.74) is 10.7. The molecule has 4 rings (SSSR count). The molecular weight excluding hydrogens is 386 g/mol. The largest absolute Gasteiger partial charge is 0.497 e. The Kier molecular flexibility index (Phi) is 5.65. The molecule has 0 saturated carbocycles. The predicted octanol–water partition coefficient (Wildman–Crippen LogP) is 5.34. The SMILES string of the molecule is C=C[C@@H](CN=[N+]=[N-])[C@H]1CCN2C(=O)S[C@H](c3ccnc4ccc(OC)cc34)[C@@H]2C1. The number of benzene rings is 1. The van der Waals surface area contributed by atoms with E-state index in [0.717, 1.165) is 41.6 Å². The minimum Gasteiger partial charge on any atom is -0.497 e. The first-order chi connectivity index (χ1) is 14.2. The number of amides is 1.